The third-order valence-corrected chi connectivity index (χ3v) is 2.71. The summed E-state index contributed by atoms with van der Waals surface area (Å²) in [6, 6.07) is 5.49. The average Bonchev–Trinajstić information content (AvgIpc) is 2.28. The number of hydrogen-bond donors (Lipinski definition) is 1. The molecule has 0 bridgehead atoms. The first kappa shape index (κ1) is 12.8. The predicted octanol–water partition coefficient (Wildman–Crippen LogP) is 2.71. The molecule has 1 aromatic rings. The summed E-state index contributed by atoms with van der Waals surface area (Å²) < 4.78 is 10.4. The first-order valence-corrected chi connectivity index (χ1v) is 5.49. The van der Waals surface area contributed by atoms with Crippen LogP contribution >= 0.6 is 0 Å². The van der Waals surface area contributed by atoms with Gasteiger partial charge in [-0.25, -0.2) is 0 Å². The van der Waals surface area contributed by atoms with Crippen LogP contribution in [0.15, 0.2) is 18.2 Å². The van der Waals surface area contributed by atoms with Crippen LogP contribution in [0.1, 0.15) is 32.3 Å². The molecule has 90 valence electrons. The highest BCUT2D eigenvalue weighted by atomic mass is 16.5. The lowest BCUT2D eigenvalue weighted by Crippen LogP contribution is -2.20. The Balaban J connectivity index is 3.11. The Morgan fingerprint density at radius 1 is 1.12 bits per heavy atom. The van der Waals surface area contributed by atoms with Crippen LogP contribution in [0.3, 0.4) is 0 Å². The molecule has 0 radical (unpaired) electrons. The molecule has 0 fully saturated rings. The van der Waals surface area contributed by atoms with Crippen molar-refractivity contribution in [3.63, 3.8) is 0 Å². The SMILES string of the molecule is CCCC(C)(O)c1cc(OC)cc(OC)c1. The number of ether oxygens (including phenoxy) is 2. The molecule has 0 saturated carbocycles. The monoisotopic (exact) mass is 224 g/mol. The molecule has 3 heteroatoms. The lowest BCUT2D eigenvalue weighted by atomic mass is 9.91. The van der Waals surface area contributed by atoms with Gasteiger partial charge in [0.25, 0.3) is 0 Å². The van der Waals surface area contributed by atoms with E-state index in [1.165, 1.54) is 0 Å². The lowest BCUT2D eigenvalue weighted by molar-refractivity contribution is 0.0465. The van der Waals surface area contributed by atoms with Gasteiger partial charge >= 0.3 is 0 Å². The minimum absolute atomic E-state index is 0.700. The zero-order chi connectivity index (χ0) is 12.2. The fourth-order valence-corrected chi connectivity index (χ4v) is 1.75. The zero-order valence-electron chi connectivity index (χ0n) is 10.4. The molecule has 0 saturated heterocycles. The van der Waals surface area contributed by atoms with Crippen molar-refractivity contribution in [1.29, 1.82) is 0 Å². The minimum atomic E-state index is -0.837. The molecule has 0 aromatic heterocycles. The van der Waals surface area contributed by atoms with Crippen molar-refractivity contribution >= 4 is 0 Å². The number of benzene rings is 1. The standard InChI is InChI=1S/C13H20O3/c1-5-6-13(2,14)10-7-11(15-3)9-12(8-10)16-4/h7-9,14H,5-6H2,1-4H3. The predicted molar refractivity (Wildman–Crippen MR) is 64.0 cm³/mol. The maximum atomic E-state index is 10.3. The van der Waals surface area contributed by atoms with Gasteiger partial charge in [-0.1, -0.05) is 13.3 Å². The maximum absolute atomic E-state index is 10.3. The Kier molecular flexibility index (Phi) is 4.19. The quantitative estimate of drug-likeness (QED) is 0.835. The van der Waals surface area contributed by atoms with Crippen molar-refractivity contribution in [1.82, 2.24) is 0 Å². The molecule has 1 rings (SSSR count). The van der Waals surface area contributed by atoms with Crippen LogP contribution in [-0.4, -0.2) is 19.3 Å². The Hall–Kier alpha value is -1.22. The van der Waals surface area contributed by atoms with E-state index < -0.39 is 5.60 Å². The second-order valence-electron chi connectivity index (χ2n) is 4.13. The third-order valence-electron chi connectivity index (χ3n) is 2.71. The summed E-state index contributed by atoms with van der Waals surface area (Å²) in [5, 5.41) is 10.3. The first-order chi connectivity index (χ1) is 7.53. The van der Waals surface area contributed by atoms with Gasteiger partial charge in [0.05, 0.1) is 19.8 Å². The number of methoxy groups -OCH3 is 2. The Labute approximate surface area is 97.0 Å². The minimum Gasteiger partial charge on any atom is -0.497 e. The van der Waals surface area contributed by atoms with Crippen molar-refractivity contribution in [2.45, 2.75) is 32.3 Å². The van der Waals surface area contributed by atoms with E-state index in [-0.39, 0.29) is 0 Å². The zero-order valence-corrected chi connectivity index (χ0v) is 10.4. The van der Waals surface area contributed by atoms with Crippen LogP contribution < -0.4 is 9.47 Å². The van der Waals surface area contributed by atoms with Crippen molar-refractivity contribution in [3.05, 3.63) is 23.8 Å². The molecular formula is C13H20O3. The van der Waals surface area contributed by atoms with Crippen LogP contribution in [-0.2, 0) is 5.60 Å². The molecule has 0 aliphatic heterocycles. The second kappa shape index (κ2) is 5.21. The molecule has 0 aliphatic rings. The van der Waals surface area contributed by atoms with E-state index >= 15 is 0 Å². The largest absolute Gasteiger partial charge is 0.497 e. The van der Waals surface area contributed by atoms with Crippen LogP contribution in [0.25, 0.3) is 0 Å². The van der Waals surface area contributed by atoms with Crippen molar-refractivity contribution in [2.24, 2.45) is 0 Å². The summed E-state index contributed by atoms with van der Waals surface area (Å²) in [6.07, 6.45) is 1.63. The highest BCUT2D eigenvalue weighted by molar-refractivity contribution is 5.40. The van der Waals surface area contributed by atoms with E-state index in [0.29, 0.717) is 17.9 Å². The molecule has 1 unspecified atom stereocenters. The van der Waals surface area contributed by atoms with Gasteiger partial charge in [0.1, 0.15) is 11.5 Å². The Bertz CT molecular complexity index is 323. The maximum Gasteiger partial charge on any atom is 0.122 e. The molecule has 0 amide bonds. The number of aliphatic hydroxyl groups is 1. The average molecular weight is 224 g/mol. The summed E-state index contributed by atoms with van der Waals surface area (Å²) in [7, 11) is 3.21. The summed E-state index contributed by atoms with van der Waals surface area (Å²) in [4.78, 5) is 0. The summed E-state index contributed by atoms with van der Waals surface area (Å²) in [6.45, 7) is 3.86. The molecule has 0 spiro atoms. The van der Waals surface area contributed by atoms with E-state index in [4.69, 9.17) is 9.47 Å². The van der Waals surface area contributed by atoms with E-state index in [1.807, 2.05) is 26.0 Å². The Morgan fingerprint density at radius 2 is 1.62 bits per heavy atom. The van der Waals surface area contributed by atoms with Gasteiger partial charge in [0.15, 0.2) is 0 Å². The van der Waals surface area contributed by atoms with Gasteiger partial charge in [-0.05, 0) is 31.0 Å². The summed E-state index contributed by atoms with van der Waals surface area (Å²) >= 11 is 0. The second-order valence-corrected chi connectivity index (χ2v) is 4.13. The number of rotatable bonds is 5. The normalized spacial score (nSPS) is 14.3. The van der Waals surface area contributed by atoms with Gasteiger partial charge in [-0.2, -0.15) is 0 Å². The van der Waals surface area contributed by atoms with Gasteiger partial charge in [0, 0.05) is 6.07 Å². The van der Waals surface area contributed by atoms with E-state index in [9.17, 15) is 5.11 Å². The fourth-order valence-electron chi connectivity index (χ4n) is 1.75. The van der Waals surface area contributed by atoms with Crippen LogP contribution in [0.4, 0.5) is 0 Å². The van der Waals surface area contributed by atoms with Gasteiger partial charge in [-0.3, -0.25) is 0 Å². The molecule has 0 heterocycles. The smallest absolute Gasteiger partial charge is 0.122 e. The summed E-state index contributed by atoms with van der Waals surface area (Å²) in [5.74, 6) is 1.40. The molecule has 1 aromatic carbocycles. The van der Waals surface area contributed by atoms with Crippen molar-refractivity contribution in [3.8, 4) is 11.5 Å². The molecule has 0 aliphatic carbocycles. The van der Waals surface area contributed by atoms with Gasteiger partial charge in [-0.15, -0.1) is 0 Å². The van der Waals surface area contributed by atoms with Crippen LogP contribution in [0.2, 0.25) is 0 Å². The Morgan fingerprint density at radius 3 is 2.00 bits per heavy atom. The molecule has 1 N–H and O–H groups in total. The summed E-state index contributed by atoms with van der Waals surface area (Å²) in [5.41, 5.74) is -0.0122. The lowest BCUT2D eigenvalue weighted by Gasteiger charge is -2.24. The highest BCUT2D eigenvalue weighted by Crippen LogP contribution is 2.32. The van der Waals surface area contributed by atoms with Gasteiger partial charge in [0.2, 0.25) is 0 Å². The van der Waals surface area contributed by atoms with E-state index in [2.05, 4.69) is 0 Å². The van der Waals surface area contributed by atoms with Crippen molar-refractivity contribution < 1.29 is 14.6 Å². The third kappa shape index (κ3) is 2.89. The fraction of sp³-hybridized carbons (Fsp3) is 0.538. The highest BCUT2D eigenvalue weighted by Gasteiger charge is 2.23. The first-order valence-electron chi connectivity index (χ1n) is 5.49. The molecule has 16 heavy (non-hydrogen) atoms. The topological polar surface area (TPSA) is 38.7 Å². The molecule has 3 nitrogen and oxygen atoms in total. The molecule has 1 atom stereocenters. The molecular weight excluding hydrogens is 204 g/mol. The van der Waals surface area contributed by atoms with E-state index in [1.54, 1.807) is 20.3 Å². The van der Waals surface area contributed by atoms with E-state index in [0.717, 1.165) is 12.0 Å². The van der Waals surface area contributed by atoms with Gasteiger partial charge < -0.3 is 14.6 Å². The van der Waals surface area contributed by atoms with Crippen LogP contribution in [0.5, 0.6) is 11.5 Å². The van der Waals surface area contributed by atoms with Crippen molar-refractivity contribution in [2.75, 3.05) is 14.2 Å². The number of hydrogen-bond acceptors (Lipinski definition) is 3. The van der Waals surface area contributed by atoms with Crippen LogP contribution in [0, 0.1) is 0 Å².